The molecule has 0 aromatic rings. The van der Waals surface area contributed by atoms with Gasteiger partial charge in [-0.3, -0.25) is 9.69 Å². The molecule has 4 heteroatoms. The maximum absolute atomic E-state index is 11.0. The van der Waals surface area contributed by atoms with E-state index in [4.69, 9.17) is 5.73 Å². The molecular weight excluding hydrogens is 178 g/mol. The smallest absolute Gasteiger partial charge is 0.233 e. The van der Waals surface area contributed by atoms with Crippen molar-refractivity contribution in [1.29, 1.82) is 0 Å². The van der Waals surface area contributed by atoms with E-state index in [0.29, 0.717) is 13.1 Å². The molecule has 0 saturated carbocycles. The molecule has 84 valence electrons. The standard InChI is InChI=1S/C10H23N3O/c1-10(2,8-11)5-6-13(4)7-9(14)12-3/h5-8,11H2,1-4H3,(H,12,14). The van der Waals surface area contributed by atoms with E-state index in [0.717, 1.165) is 13.0 Å². The van der Waals surface area contributed by atoms with E-state index in [1.165, 1.54) is 0 Å². The first-order valence-electron chi connectivity index (χ1n) is 5.00. The molecule has 0 heterocycles. The number of carbonyl (C=O) groups is 1. The molecule has 0 radical (unpaired) electrons. The molecule has 0 aromatic carbocycles. The van der Waals surface area contributed by atoms with E-state index < -0.39 is 0 Å². The van der Waals surface area contributed by atoms with Gasteiger partial charge < -0.3 is 11.1 Å². The molecule has 0 atom stereocenters. The predicted molar refractivity (Wildman–Crippen MR) is 59.0 cm³/mol. The van der Waals surface area contributed by atoms with Crippen molar-refractivity contribution in [3.05, 3.63) is 0 Å². The fourth-order valence-electron chi connectivity index (χ4n) is 0.999. The third-order valence-corrected chi connectivity index (χ3v) is 2.42. The number of nitrogens with one attached hydrogen (secondary N) is 1. The molecule has 0 saturated heterocycles. The summed E-state index contributed by atoms with van der Waals surface area (Å²) in [7, 11) is 3.60. The Morgan fingerprint density at radius 2 is 2.07 bits per heavy atom. The normalized spacial score (nSPS) is 11.9. The van der Waals surface area contributed by atoms with Crippen LogP contribution in [0.4, 0.5) is 0 Å². The van der Waals surface area contributed by atoms with Gasteiger partial charge in [-0.15, -0.1) is 0 Å². The summed E-state index contributed by atoms with van der Waals surface area (Å²) in [4.78, 5) is 13.0. The minimum absolute atomic E-state index is 0.0538. The second-order valence-electron chi connectivity index (χ2n) is 4.53. The number of likely N-dealkylation sites (N-methyl/N-ethyl adjacent to an activating group) is 2. The zero-order chi connectivity index (χ0) is 11.2. The Morgan fingerprint density at radius 3 is 2.50 bits per heavy atom. The third-order valence-electron chi connectivity index (χ3n) is 2.42. The predicted octanol–water partition coefficient (Wildman–Crippen LogP) is 0.0392. The van der Waals surface area contributed by atoms with Crippen LogP contribution in [0.3, 0.4) is 0 Å². The highest BCUT2D eigenvalue weighted by atomic mass is 16.1. The van der Waals surface area contributed by atoms with Crippen molar-refractivity contribution in [3.63, 3.8) is 0 Å². The summed E-state index contributed by atoms with van der Waals surface area (Å²) in [5, 5.41) is 2.60. The van der Waals surface area contributed by atoms with Gasteiger partial charge in [-0.2, -0.15) is 0 Å². The molecule has 3 N–H and O–H groups in total. The van der Waals surface area contributed by atoms with Crippen LogP contribution in [-0.4, -0.2) is 44.5 Å². The number of amides is 1. The van der Waals surface area contributed by atoms with Crippen molar-refractivity contribution in [2.45, 2.75) is 20.3 Å². The van der Waals surface area contributed by atoms with E-state index in [2.05, 4.69) is 19.2 Å². The molecule has 0 bridgehead atoms. The van der Waals surface area contributed by atoms with Gasteiger partial charge in [0, 0.05) is 7.05 Å². The molecule has 4 nitrogen and oxygen atoms in total. The topological polar surface area (TPSA) is 58.4 Å². The van der Waals surface area contributed by atoms with E-state index in [-0.39, 0.29) is 11.3 Å². The van der Waals surface area contributed by atoms with Gasteiger partial charge in [-0.25, -0.2) is 0 Å². The van der Waals surface area contributed by atoms with Crippen molar-refractivity contribution in [2.75, 3.05) is 33.7 Å². The van der Waals surface area contributed by atoms with E-state index in [1.54, 1.807) is 7.05 Å². The second kappa shape index (κ2) is 5.98. The fourth-order valence-corrected chi connectivity index (χ4v) is 0.999. The lowest BCUT2D eigenvalue weighted by Crippen LogP contribution is -2.36. The highest BCUT2D eigenvalue weighted by molar-refractivity contribution is 5.77. The monoisotopic (exact) mass is 201 g/mol. The van der Waals surface area contributed by atoms with Crippen molar-refractivity contribution >= 4 is 5.91 Å². The van der Waals surface area contributed by atoms with Gasteiger partial charge in [0.05, 0.1) is 6.54 Å². The minimum atomic E-state index is 0.0538. The molecule has 0 aliphatic heterocycles. The van der Waals surface area contributed by atoms with Crippen molar-refractivity contribution in [2.24, 2.45) is 11.1 Å². The lowest BCUT2D eigenvalue weighted by atomic mass is 9.89. The zero-order valence-corrected chi connectivity index (χ0v) is 9.76. The Balaban J connectivity index is 3.74. The summed E-state index contributed by atoms with van der Waals surface area (Å²) in [6, 6.07) is 0. The molecule has 0 spiro atoms. The minimum Gasteiger partial charge on any atom is -0.358 e. The van der Waals surface area contributed by atoms with Gasteiger partial charge in [0.1, 0.15) is 0 Å². The molecule has 0 fully saturated rings. The summed E-state index contributed by atoms with van der Waals surface area (Å²) in [6.07, 6.45) is 1.01. The Morgan fingerprint density at radius 1 is 1.50 bits per heavy atom. The second-order valence-corrected chi connectivity index (χ2v) is 4.53. The first kappa shape index (κ1) is 13.4. The number of hydrogen-bond donors (Lipinski definition) is 2. The molecule has 14 heavy (non-hydrogen) atoms. The van der Waals surface area contributed by atoms with Gasteiger partial charge in [0.25, 0.3) is 0 Å². The van der Waals surface area contributed by atoms with Gasteiger partial charge >= 0.3 is 0 Å². The number of hydrogen-bond acceptors (Lipinski definition) is 3. The van der Waals surface area contributed by atoms with E-state index in [9.17, 15) is 4.79 Å². The Hall–Kier alpha value is -0.610. The zero-order valence-electron chi connectivity index (χ0n) is 9.76. The van der Waals surface area contributed by atoms with Gasteiger partial charge in [0.2, 0.25) is 5.91 Å². The van der Waals surface area contributed by atoms with Gasteiger partial charge in [-0.1, -0.05) is 13.8 Å². The van der Waals surface area contributed by atoms with Gasteiger partial charge in [0.15, 0.2) is 0 Å². The summed E-state index contributed by atoms with van der Waals surface area (Å²) in [6.45, 7) is 6.32. The van der Waals surface area contributed by atoms with Crippen LogP contribution in [0.2, 0.25) is 0 Å². The molecule has 0 unspecified atom stereocenters. The quantitative estimate of drug-likeness (QED) is 0.638. The molecule has 0 aliphatic carbocycles. The highest BCUT2D eigenvalue weighted by Gasteiger charge is 2.16. The van der Waals surface area contributed by atoms with Crippen LogP contribution in [0.25, 0.3) is 0 Å². The summed E-state index contributed by atoms with van der Waals surface area (Å²) < 4.78 is 0. The van der Waals surface area contributed by atoms with Crippen LogP contribution in [0.15, 0.2) is 0 Å². The number of carbonyl (C=O) groups excluding carboxylic acids is 1. The molecule has 0 aromatic heterocycles. The molecule has 0 rings (SSSR count). The SMILES string of the molecule is CNC(=O)CN(C)CCC(C)(C)CN. The molecular formula is C10H23N3O. The van der Waals surface area contributed by atoms with Crippen LogP contribution in [0, 0.1) is 5.41 Å². The number of nitrogens with two attached hydrogens (primary N) is 1. The van der Waals surface area contributed by atoms with Crippen LogP contribution in [-0.2, 0) is 4.79 Å². The number of rotatable bonds is 6. The summed E-state index contributed by atoms with van der Waals surface area (Å²) in [5.41, 5.74) is 5.79. The van der Waals surface area contributed by atoms with Crippen LogP contribution in [0.5, 0.6) is 0 Å². The highest BCUT2D eigenvalue weighted by Crippen LogP contribution is 2.17. The maximum atomic E-state index is 11.0. The number of nitrogens with zero attached hydrogens (tertiary/aromatic N) is 1. The Labute approximate surface area is 86.8 Å². The fraction of sp³-hybridized carbons (Fsp3) is 0.900. The third kappa shape index (κ3) is 5.94. The van der Waals surface area contributed by atoms with E-state index >= 15 is 0 Å². The average molecular weight is 201 g/mol. The lowest BCUT2D eigenvalue weighted by molar-refractivity contribution is -0.121. The van der Waals surface area contributed by atoms with Crippen LogP contribution < -0.4 is 11.1 Å². The Kier molecular flexibility index (Phi) is 5.72. The Bertz CT molecular complexity index is 180. The largest absolute Gasteiger partial charge is 0.358 e. The first-order valence-corrected chi connectivity index (χ1v) is 5.00. The maximum Gasteiger partial charge on any atom is 0.233 e. The average Bonchev–Trinajstić information content (AvgIpc) is 2.15. The molecule has 0 aliphatic rings. The van der Waals surface area contributed by atoms with Crippen LogP contribution >= 0.6 is 0 Å². The van der Waals surface area contributed by atoms with Crippen LogP contribution in [0.1, 0.15) is 20.3 Å². The lowest BCUT2D eigenvalue weighted by Gasteiger charge is -2.25. The van der Waals surface area contributed by atoms with Crippen molar-refractivity contribution in [3.8, 4) is 0 Å². The summed E-state index contributed by atoms with van der Waals surface area (Å²) >= 11 is 0. The van der Waals surface area contributed by atoms with E-state index in [1.807, 2.05) is 11.9 Å². The van der Waals surface area contributed by atoms with Crippen molar-refractivity contribution in [1.82, 2.24) is 10.2 Å². The first-order chi connectivity index (χ1) is 6.41. The summed E-state index contributed by atoms with van der Waals surface area (Å²) in [5.74, 6) is 0.0538. The van der Waals surface area contributed by atoms with Gasteiger partial charge in [-0.05, 0) is 32.0 Å². The molecule has 1 amide bonds. The van der Waals surface area contributed by atoms with Crippen molar-refractivity contribution < 1.29 is 4.79 Å².